The number of aromatic nitrogens is 3. The van der Waals surface area contributed by atoms with E-state index in [0.29, 0.717) is 17.6 Å². The smallest absolute Gasteiger partial charge is 0.296 e. The zero-order chi connectivity index (χ0) is 15.7. The largest absolute Gasteiger partial charge is 0.416 e. The van der Waals surface area contributed by atoms with Crippen molar-refractivity contribution in [3.63, 3.8) is 0 Å². The van der Waals surface area contributed by atoms with Crippen LogP contribution in [0.15, 0.2) is 42.5 Å². The highest BCUT2D eigenvalue weighted by molar-refractivity contribution is 5.74. The van der Waals surface area contributed by atoms with Crippen LogP contribution in [-0.4, -0.2) is 20.9 Å². The Labute approximate surface area is 123 Å². The summed E-state index contributed by atoms with van der Waals surface area (Å²) in [7, 11) is 0. The monoisotopic (exact) mass is 305 g/mol. The maximum absolute atomic E-state index is 13.0. The van der Waals surface area contributed by atoms with Gasteiger partial charge in [-0.15, -0.1) is 10.2 Å². The summed E-state index contributed by atoms with van der Waals surface area (Å²) in [5.74, 6) is 0.286. The third-order valence-electron chi connectivity index (χ3n) is 3.32. The van der Waals surface area contributed by atoms with Crippen LogP contribution in [0.5, 0.6) is 0 Å². The van der Waals surface area contributed by atoms with Crippen LogP contribution in [0.3, 0.4) is 0 Å². The Bertz CT molecular complexity index is 839. The molecular weight excluding hydrogens is 295 g/mol. The van der Waals surface area contributed by atoms with E-state index in [9.17, 15) is 18.0 Å². The molecule has 1 aromatic carbocycles. The van der Waals surface area contributed by atoms with Crippen molar-refractivity contribution in [3.05, 3.63) is 65.1 Å². The molecule has 0 aliphatic heterocycles. The van der Waals surface area contributed by atoms with Crippen LogP contribution < -0.4 is 0 Å². The van der Waals surface area contributed by atoms with E-state index in [4.69, 9.17) is 0 Å². The molecule has 3 rings (SSSR count). The third-order valence-corrected chi connectivity index (χ3v) is 3.32. The first kappa shape index (κ1) is 14.2. The molecule has 0 radical (unpaired) electrons. The lowest BCUT2D eigenvalue weighted by molar-refractivity contribution is -0.138. The molecule has 0 aliphatic carbocycles. The normalized spacial score (nSPS) is 11.8. The van der Waals surface area contributed by atoms with Crippen LogP contribution in [0.25, 0.3) is 5.65 Å². The second kappa shape index (κ2) is 5.25. The Morgan fingerprint density at radius 3 is 2.55 bits per heavy atom. The molecule has 7 heteroatoms. The molecule has 0 spiro atoms. The van der Waals surface area contributed by atoms with Crippen molar-refractivity contribution in [2.75, 3.05) is 0 Å². The Kier molecular flexibility index (Phi) is 3.40. The lowest BCUT2D eigenvalue weighted by Gasteiger charge is -2.12. The van der Waals surface area contributed by atoms with Crippen molar-refractivity contribution in [1.29, 1.82) is 0 Å². The topological polar surface area (TPSA) is 47.3 Å². The summed E-state index contributed by atoms with van der Waals surface area (Å²) < 4.78 is 40.6. The van der Waals surface area contributed by atoms with E-state index in [0.717, 1.165) is 6.07 Å². The van der Waals surface area contributed by atoms with Gasteiger partial charge in [0.15, 0.2) is 11.9 Å². The molecule has 0 amide bonds. The lowest BCUT2D eigenvalue weighted by atomic mass is 10.0. The molecule has 0 saturated heterocycles. The van der Waals surface area contributed by atoms with Gasteiger partial charge in [-0.05, 0) is 23.8 Å². The van der Waals surface area contributed by atoms with Gasteiger partial charge >= 0.3 is 6.18 Å². The van der Waals surface area contributed by atoms with Gasteiger partial charge in [0.2, 0.25) is 0 Å². The fraction of sp³-hybridized carbons (Fsp3) is 0.133. The number of carbonyl (C=O) groups is 1. The molecule has 0 saturated carbocycles. The van der Waals surface area contributed by atoms with Gasteiger partial charge in [-0.1, -0.05) is 24.3 Å². The molecular formula is C15H10F3N3O. The highest BCUT2D eigenvalue weighted by Crippen LogP contribution is 2.32. The summed E-state index contributed by atoms with van der Waals surface area (Å²) >= 11 is 0. The third kappa shape index (κ3) is 2.45. The number of fused-ring (bicyclic) bond motifs is 1. The zero-order valence-corrected chi connectivity index (χ0v) is 11.2. The molecule has 0 fully saturated rings. The van der Waals surface area contributed by atoms with Gasteiger partial charge in [-0.25, -0.2) is 0 Å². The summed E-state index contributed by atoms with van der Waals surface area (Å²) in [6, 6.07) is 10.1. The predicted octanol–water partition coefficient (Wildman–Crippen LogP) is 3.15. The van der Waals surface area contributed by atoms with Gasteiger partial charge in [-0.3, -0.25) is 9.20 Å². The first-order valence-corrected chi connectivity index (χ1v) is 6.44. The van der Waals surface area contributed by atoms with E-state index in [-0.39, 0.29) is 17.8 Å². The highest BCUT2D eigenvalue weighted by atomic mass is 19.4. The molecule has 0 N–H and O–H groups in total. The first-order valence-electron chi connectivity index (χ1n) is 6.44. The van der Waals surface area contributed by atoms with E-state index < -0.39 is 11.7 Å². The molecule has 0 bridgehead atoms. The van der Waals surface area contributed by atoms with Gasteiger partial charge in [0.1, 0.15) is 5.82 Å². The van der Waals surface area contributed by atoms with Crippen molar-refractivity contribution in [2.45, 2.75) is 12.6 Å². The summed E-state index contributed by atoms with van der Waals surface area (Å²) in [5, 5.41) is 7.80. The van der Waals surface area contributed by atoms with Gasteiger partial charge in [0, 0.05) is 6.42 Å². The van der Waals surface area contributed by atoms with E-state index in [1.165, 1.54) is 22.6 Å². The number of hydrogen-bond donors (Lipinski definition) is 0. The van der Waals surface area contributed by atoms with Crippen LogP contribution in [0.4, 0.5) is 13.2 Å². The SMILES string of the molecule is O=Cc1cccc2nnc(Cc3ccccc3C(F)(F)F)n12. The maximum atomic E-state index is 13.0. The van der Waals surface area contributed by atoms with Crippen molar-refractivity contribution >= 4 is 11.9 Å². The minimum Gasteiger partial charge on any atom is -0.296 e. The van der Waals surface area contributed by atoms with Crippen LogP contribution in [0.2, 0.25) is 0 Å². The molecule has 112 valence electrons. The number of nitrogens with zero attached hydrogens (tertiary/aromatic N) is 3. The zero-order valence-electron chi connectivity index (χ0n) is 11.2. The molecule has 3 aromatic rings. The van der Waals surface area contributed by atoms with Crippen molar-refractivity contribution < 1.29 is 18.0 Å². The standard InChI is InChI=1S/C15H10F3N3O/c16-15(17,18)12-6-2-1-4-10(12)8-14-20-19-13-7-3-5-11(9-22)21(13)14/h1-7,9H,8H2. The summed E-state index contributed by atoms with van der Waals surface area (Å²) in [6.07, 6.45) is -3.89. The summed E-state index contributed by atoms with van der Waals surface area (Å²) in [6.45, 7) is 0. The minimum atomic E-state index is -4.44. The number of pyridine rings is 1. The summed E-state index contributed by atoms with van der Waals surface area (Å²) in [5.41, 5.74) is 0.0893. The van der Waals surface area contributed by atoms with E-state index in [1.54, 1.807) is 18.2 Å². The van der Waals surface area contributed by atoms with Gasteiger partial charge in [0.25, 0.3) is 0 Å². The highest BCUT2D eigenvalue weighted by Gasteiger charge is 2.33. The molecule has 2 heterocycles. The number of rotatable bonds is 3. The molecule has 0 aliphatic rings. The number of aldehydes is 1. The first-order chi connectivity index (χ1) is 10.5. The number of carbonyl (C=O) groups excluding carboxylic acids is 1. The number of benzene rings is 1. The van der Waals surface area contributed by atoms with Crippen LogP contribution in [-0.2, 0) is 12.6 Å². The van der Waals surface area contributed by atoms with Gasteiger partial charge < -0.3 is 0 Å². The molecule has 22 heavy (non-hydrogen) atoms. The van der Waals surface area contributed by atoms with Crippen LogP contribution >= 0.6 is 0 Å². The quantitative estimate of drug-likeness (QED) is 0.698. The van der Waals surface area contributed by atoms with Crippen molar-refractivity contribution in [3.8, 4) is 0 Å². The van der Waals surface area contributed by atoms with Gasteiger partial charge in [-0.2, -0.15) is 13.2 Å². The van der Waals surface area contributed by atoms with E-state index in [2.05, 4.69) is 10.2 Å². The predicted molar refractivity (Wildman–Crippen MR) is 72.6 cm³/mol. The average molecular weight is 305 g/mol. The maximum Gasteiger partial charge on any atom is 0.416 e. The lowest BCUT2D eigenvalue weighted by Crippen LogP contribution is -2.10. The minimum absolute atomic E-state index is 0.0678. The molecule has 0 atom stereocenters. The Morgan fingerprint density at radius 2 is 1.82 bits per heavy atom. The van der Waals surface area contributed by atoms with Crippen LogP contribution in [0, 0.1) is 0 Å². The van der Waals surface area contributed by atoms with Crippen LogP contribution in [0.1, 0.15) is 27.4 Å². The summed E-state index contributed by atoms with van der Waals surface area (Å²) in [4.78, 5) is 11.1. The molecule has 4 nitrogen and oxygen atoms in total. The Hall–Kier alpha value is -2.70. The Morgan fingerprint density at radius 1 is 1.05 bits per heavy atom. The fourth-order valence-electron chi connectivity index (χ4n) is 2.35. The second-order valence-corrected chi connectivity index (χ2v) is 4.71. The molecule has 0 unspecified atom stereocenters. The molecule has 2 aromatic heterocycles. The number of alkyl halides is 3. The average Bonchev–Trinajstić information content (AvgIpc) is 2.90. The number of hydrogen-bond acceptors (Lipinski definition) is 3. The Balaban J connectivity index is 2.10. The van der Waals surface area contributed by atoms with E-state index >= 15 is 0 Å². The van der Waals surface area contributed by atoms with Gasteiger partial charge in [0.05, 0.1) is 11.3 Å². The fourth-order valence-corrected chi connectivity index (χ4v) is 2.35. The second-order valence-electron chi connectivity index (χ2n) is 4.71. The van der Waals surface area contributed by atoms with E-state index in [1.807, 2.05) is 0 Å². The van der Waals surface area contributed by atoms with Crippen molar-refractivity contribution in [1.82, 2.24) is 14.6 Å². The van der Waals surface area contributed by atoms with Crippen molar-refractivity contribution in [2.24, 2.45) is 0 Å². The number of halogens is 3.